The summed E-state index contributed by atoms with van der Waals surface area (Å²) in [7, 11) is 3.27. The van der Waals surface area contributed by atoms with E-state index in [2.05, 4.69) is 0 Å². The Bertz CT molecular complexity index is 571. The van der Waals surface area contributed by atoms with Gasteiger partial charge in [0.05, 0.1) is 5.56 Å². The van der Waals surface area contributed by atoms with Crippen molar-refractivity contribution in [1.29, 1.82) is 0 Å². The van der Waals surface area contributed by atoms with Crippen molar-refractivity contribution >= 4 is 11.8 Å². The van der Waals surface area contributed by atoms with E-state index in [9.17, 15) is 14.0 Å². The largest absolute Gasteiger partial charge is 0.344 e. The van der Waals surface area contributed by atoms with Crippen LogP contribution in [-0.2, 0) is 4.79 Å². The van der Waals surface area contributed by atoms with Gasteiger partial charge in [0.2, 0.25) is 5.91 Å². The lowest BCUT2D eigenvalue weighted by Crippen LogP contribution is -2.42. The quantitative estimate of drug-likeness (QED) is 0.857. The van der Waals surface area contributed by atoms with Gasteiger partial charge in [0.15, 0.2) is 0 Å². The van der Waals surface area contributed by atoms with E-state index >= 15 is 0 Å². The molecule has 1 aliphatic rings. The molecule has 2 amide bonds. The zero-order chi connectivity index (χ0) is 15.7. The fourth-order valence-corrected chi connectivity index (χ4v) is 2.56. The van der Waals surface area contributed by atoms with Crippen LogP contribution in [0, 0.1) is 5.82 Å². The van der Waals surface area contributed by atoms with Gasteiger partial charge >= 0.3 is 0 Å². The van der Waals surface area contributed by atoms with Crippen LogP contribution in [0.3, 0.4) is 0 Å². The van der Waals surface area contributed by atoms with Crippen LogP contribution < -0.4 is 0 Å². The summed E-state index contributed by atoms with van der Waals surface area (Å²) >= 11 is 0. The highest BCUT2D eigenvalue weighted by molar-refractivity contribution is 5.98. The molecule has 1 aromatic rings. The molecule has 4 nitrogen and oxygen atoms in total. The molecule has 5 heteroatoms. The van der Waals surface area contributed by atoms with E-state index in [4.69, 9.17) is 0 Å². The minimum absolute atomic E-state index is 0.0334. The lowest BCUT2D eigenvalue weighted by molar-refractivity contribution is -0.130. The predicted octanol–water partition coefficient (Wildman–Crippen LogP) is 2.25. The molecule has 0 saturated carbocycles. The van der Waals surface area contributed by atoms with Crippen LogP contribution in [0.5, 0.6) is 0 Å². The molecule has 0 radical (unpaired) electrons. The zero-order valence-electron chi connectivity index (χ0n) is 12.9. The highest BCUT2D eigenvalue weighted by atomic mass is 19.1. The molecule has 1 fully saturated rings. The molecular weight excluding hydrogens is 271 g/mol. The van der Waals surface area contributed by atoms with Gasteiger partial charge < -0.3 is 9.80 Å². The van der Waals surface area contributed by atoms with E-state index < -0.39 is 17.8 Å². The molecular formula is C16H21FN2O2. The molecule has 0 bridgehead atoms. The number of carbonyl (C=O) groups is 2. The minimum Gasteiger partial charge on any atom is -0.344 e. The summed E-state index contributed by atoms with van der Waals surface area (Å²) in [5, 5.41) is 0. The van der Waals surface area contributed by atoms with Crippen molar-refractivity contribution in [3.8, 4) is 0 Å². The van der Waals surface area contributed by atoms with Crippen LogP contribution >= 0.6 is 0 Å². The summed E-state index contributed by atoms with van der Waals surface area (Å²) in [6.45, 7) is 4.59. The molecule has 0 aromatic heterocycles. The Balaban J connectivity index is 2.27. The van der Waals surface area contributed by atoms with Crippen molar-refractivity contribution in [3.05, 3.63) is 35.1 Å². The molecule has 1 aromatic carbocycles. The third-order valence-electron chi connectivity index (χ3n) is 4.07. The lowest BCUT2D eigenvalue weighted by Gasteiger charge is -2.23. The Morgan fingerprint density at radius 1 is 1.43 bits per heavy atom. The van der Waals surface area contributed by atoms with E-state index in [0.717, 1.165) is 5.56 Å². The molecule has 1 aliphatic heterocycles. The maximum absolute atomic E-state index is 14.0. The van der Waals surface area contributed by atoms with Crippen molar-refractivity contribution in [3.63, 3.8) is 0 Å². The van der Waals surface area contributed by atoms with Gasteiger partial charge in [0.25, 0.3) is 5.91 Å². The molecule has 0 spiro atoms. The second-order valence-electron chi connectivity index (χ2n) is 5.87. The van der Waals surface area contributed by atoms with Crippen LogP contribution in [0.15, 0.2) is 18.2 Å². The monoisotopic (exact) mass is 292 g/mol. The average molecular weight is 292 g/mol. The molecule has 1 atom stereocenters. The number of benzene rings is 1. The topological polar surface area (TPSA) is 40.6 Å². The summed E-state index contributed by atoms with van der Waals surface area (Å²) in [6.07, 6.45) is 0.586. The normalized spacial score (nSPS) is 18.5. The van der Waals surface area contributed by atoms with E-state index in [1.54, 1.807) is 31.1 Å². The van der Waals surface area contributed by atoms with Crippen molar-refractivity contribution in [2.24, 2.45) is 0 Å². The molecule has 21 heavy (non-hydrogen) atoms. The van der Waals surface area contributed by atoms with Crippen LogP contribution in [-0.4, -0.2) is 48.3 Å². The minimum atomic E-state index is -0.546. The van der Waals surface area contributed by atoms with Crippen molar-refractivity contribution in [1.82, 2.24) is 9.80 Å². The average Bonchev–Trinajstić information content (AvgIpc) is 2.77. The van der Waals surface area contributed by atoms with Crippen molar-refractivity contribution in [2.75, 3.05) is 20.6 Å². The van der Waals surface area contributed by atoms with Crippen molar-refractivity contribution in [2.45, 2.75) is 32.2 Å². The Kier molecular flexibility index (Phi) is 4.30. The number of hydrogen-bond acceptors (Lipinski definition) is 2. The van der Waals surface area contributed by atoms with Crippen LogP contribution in [0.1, 0.15) is 42.1 Å². The zero-order valence-corrected chi connectivity index (χ0v) is 12.9. The first-order valence-electron chi connectivity index (χ1n) is 7.14. The molecule has 2 rings (SSSR count). The van der Waals surface area contributed by atoms with Gasteiger partial charge in [-0.3, -0.25) is 9.59 Å². The number of halogens is 1. The number of amides is 2. The first kappa shape index (κ1) is 15.5. The number of rotatable bonds is 3. The number of nitrogens with zero attached hydrogens (tertiary/aromatic N) is 2. The second kappa shape index (κ2) is 5.84. The molecule has 0 aliphatic carbocycles. The number of likely N-dealkylation sites (tertiary alicyclic amines) is 1. The highest BCUT2D eigenvalue weighted by Gasteiger charge is 2.35. The maximum atomic E-state index is 14.0. The SMILES string of the molecule is CC(C)c1ccc(F)c(C(=O)N(C)C2CCN(C)C2=O)c1. The maximum Gasteiger partial charge on any atom is 0.257 e. The van der Waals surface area contributed by atoms with Gasteiger partial charge in [-0.2, -0.15) is 0 Å². The third kappa shape index (κ3) is 2.91. The highest BCUT2D eigenvalue weighted by Crippen LogP contribution is 2.22. The van der Waals surface area contributed by atoms with Gasteiger partial charge in [-0.15, -0.1) is 0 Å². The molecule has 0 N–H and O–H groups in total. The summed E-state index contributed by atoms with van der Waals surface area (Å²) < 4.78 is 14.0. The Hall–Kier alpha value is -1.91. The standard InChI is InChI=1S/C16H21FN2O2/c1-10(2)11-5-6-13(17)12(9-11)15(20)19(4)14-7-8-18(3)16(14)21/h5-6,9-10,14H,7-8H2,1-4H3. The smallest absolute Gasteiger partial charge is 0.257 e. The molecule has 1 heterocycles. The fourth-order valence-electron chi connectivity index (χ4n) is 2.56. The summed E-state index contributed by atoms with van der Waals surface area (Å²) in [4.78, 5) is 27.4. The van der Waals surface area contributed by atoms with E-state index in [0.29, 0.717) is 13.0 Å². The van der Waals surface area contributed by atoms with Crippen LogP contribution in [0.2, 0.25) is 0 Å². The van der Waals surface area contributed by atoms with E-state index in [1.165, 1.54) is 11.0 Å². The molecule has 1 unspecified atom stereocenters. The first-order chi connectivity index (χ1) is 9.82. The fraction of sp³-hybridized carbons (Fsp3) is 0.500. The van der Waals surface area contributed by atoms with Crippen LogP contribution in [0.25, 0.3) is 0 Å². The van der Waals surface area contributed by atoms with E-state index in [1.807, 2.05) is 13.8 Å². The summed E-state index contributed by atoms with van der Waals surface area (Å²) in [6, 6.07) is 4.09. The van der Waals surface area contributed by atoms with Gasteiger partial charge in [-0.1, -0.05) is 19.9 Å². The van der Waals surface area contributed by atoms with Crippen molar-refractivity contribution < 1.29 is 14.0 Å². The lowest BCUT2D eigenvalue weighted by atomic mass is 9.99. The van der Waals surface area contributed by atoms with E-state index in [-0.39, 0.29) is 17.4 Å². The number of carbonyl (C=O) groups excluding carboxylic acids is 2. The third-order valence-corrected chi connectivity index (χ3v) is 4.07. The van der Waals surface area contributed by atoms with Gasteiger partial charge in [0.1, 0.15) is 11.9 Å². The Labute approximate surface area is 124 Å². The summed E-state index contributed by atoms with van der Waals surface area (Å²) in [5.41, 5.74) is 0.939. The first-order valence-corrected chi connectivity index (χ1v) is 7.14. The Morgan fingerprint density at radius 3 is 2.62 bits per heavy atom. The molecule has 1 saturated heterocycles. The summed E-state index contributed by atoms with van der Waals surface area (Å²) in [5.74, 6) is -0.869. The number of likely N-dealkylation sites (N-methyl/N-ethyl adjacent to an activating group) is 2. The van der Waals surface area contributed by atoms with Crippen LogP contribution in [0.4, 0.5) is 4.39 Å². The Morgan fingerprint density at radius 2 is 2.10 bits per heavy atom. The van der Waals surface area contributed by atoms with Gasteiger partial charge in [-0.05, 0) is 30.0 Å². The van der Waals surface area contributed by atoms with Gasteiger partial charge in [0, 0.05) is 20.6 Å². The molecule has 114 valence electrons. The number of hydrogen-bond donors (Lipinski definition) is 0. The predicted molar refractivity (Wildman–Crippen MR) is 78.6 cm³/mol. The second-order valence-corrected chi connectivity index (χ2v) is 5.87. The van der Waals surface area contributed by atoms with Gasteiger partial charge in [-0.25, -0.2) is 4.39 Å².